The third kappa shape index (κ3) is 5.08. The lowest BCUT2D eigenvalue weighted by Gasteiger charge is -2.39. The molecule has 1 aromatic rings. The van der Waals surface area contributed by atoms with Gasteiger partial charge in [-0.3, -0.25) is 4.79 Å². The molecule has 29 heavy (non-hydrogen) atoms. The third-order valence-electron chi connectivity index (χ3n) is 5.80. The molecule has 0 atom stereocenters. The standard InChI is InChI=1S/C20H30N4O4S/c1-2-29(27,28)24-14-12-23(13-15-24)18(25)20(10-6-7-11-20)22-19(26)21-16-17-8-4-3-5-9-17/h3-5,8-9H,2,6-7,10-16H2,1H3,(H2,21,22,26). The van der Waals surface area contributed by atoms with Gasteiger partial charge in [-0.05, 0) is 25.3 Å². The molecule has 9 heteroatoms. The summed E-state index contributed by atoms with van der Waals surface area (Å²) in [6.45, 7) is 3.33. The van der Waals surface area contributed by atoms with E-state index in [0.29, 0.717) is 45.6 Å². The monoisotopic (exact) mass is 422 g/mol. The molecule has 3 amide bonds. The minimum atomic E-state index is -3.24. The molecule has 0 spiro atoms. The molecule has 2 aliphatic rings. The van der Waals surface area contributed by atoms with Gasteiger partial charge in [0.25, 0.3) is 0 Å². The lowest BCUT2D eigenvalue weighted by molar-refractivity contribution is -0.139. The quantitative estimate of drug-likeness (QED) is 0.722. The van der Waals surface area contributed by atoms with E-state index in [0.717, 1.165) is 18.4 Å². The van der Waals surface area contributed by atoms with E-state index in [4.69, 9.17) is 0 Å². The van der Waals surface area contributed by atoms with E-state index in [1.165, 1.54) is 4.31 Å². The molecule has 2 fully saturated rings. The second-order valence-corrected chi connectivity index (χ2v) is 9.93. The molecule has 160 valence electrons. The van der Waals surface area contributed by atoms with Gasteiger partial charge in [0.15, 0.2) is 0 Å². The van der Waals surface area contributed by atoms with E-state index >= 15 is 0 Å². The van der Waals surface area contributed by atoms with Crippen LogP contribution in [0.4, 0.5) is 4.79 Å². The lowest BCUT2D eigenvalue weighted by atomic mass is 9.95. The fourth-order valence-electron chi connectivity index (χ4n) is 4.07. The summed E-state index contributed by atoms with van der Waals surface area (Å²) < 4.78 is 25.5. The highest BCUT2D eigenvalue weighted by atomic mass is 32.2. The van der Waals surface area contributed by atoms with Crippen molar-refractivity contribution in [1.29, 1.82) is 0 Å². The Balaban J connectivity index is 1.59. The van der Waals surface area contributed by atoms with E-state index < -0.39 is 15.6 Å². The SMILES string of the molecule is CCS(=O)(=O)N1CCN(C(=O)C2(NC(=O)NCc3ccccc3)CCCC2)CC1. The largest absolute Gasteiger partial charge is 0.338 e. The number of amides is 3. The van der Waals surface area contributed by atoms with Crippen LogP contribution in [0.3, 0.4) is 0 Å². The molecule has 0 aromatic heterocycles. The van der Waals surface area contributed by atoms with E-state index in [2.05, 4.69) is 10.6 Å². The van der Waals surface area contributed by atoms with E-state index in [9.17, 15) is 18.0 Å². The van der Waals surface area contributed by atoms with Crippen LogP contribution in [0.25, 0.3) is 0 Å². The van der Waals surface area contributed by atoms with Crippen molar-refractivity contribution in [3.63, 3.8) is 0 Å². The zero-order valence-corrected chi connectivity index (χ0v) is 17.7. The van der Waals surface area contributed by atoms with Gasteiger partial charge in [0.1, 0.15) is 5.54 Å². The minimum absolute atomic E-state index is 0.0635. The molecule has 8 nitrogen and oxygen atoms in total. The summed E-state index contributed by atoms with van der Waals surface area (Å²) in [5, 5.41) is 5.77. The minimum Gasteiger partial charge on any atom is -0.338 e. The Labute approximate surface area is 172 Å². The van der Waals surface area contributed by atoms with Crippen LogP contribution >= 0.6 is 0 Å². The maximum Gasteiger partial charge on any atom is 0.315 e. The van der Waals surface area contributed by atoms with Crippen LogP contribution in [0.15, 0.2) is 30.3 Å². The highest BCUT2D eigenvalue weighted by Crippen LogP contribution is 2.32. The van der Waals surface area contributed by atoms with E-state index in [1.807, 2.05) is 30.3 Å². The van der Waals surface area contributed by atoms with Gasteiger partial charge in [0.2, 0.25) is 15.9 Å². The van der Waals surface area contributed by atoms with Crippen LogP contribution in [0.5, 0.6) is 0 Å². The number of hydrogen-bond donors (Lipinski definition) is 2. The van der Waals surface area contributed by atoms with Crippen LogP contribution in [0.2, 0.25) is 0 Å². The Kier molecular flexibility index (Phi) is 6.79. The second kappa shape index (κ2) is 9.13. The van der Waals surface area contributed by atoms with Crippen molar-refractivity contribution in [3.8, 4) is 0 Å². The molecule has 3 rings (SSSR count). The lowest BCUT2D eigenvalue weighted by Crippen LogP contribution is -2.62. The summed E-state index contributed by atoms with van der Waals surface area (Å²) in [5.74, 6) is -0.0352. The molecule has 1 saturated heterocycles. The fraction of sp³-hybridized carbons (Fsp3) is 0.600. The first kappa shape index (κ1) is 21.6. The predicted molar refractivity (Wildman–Crippen MR) is 111 cm³/mol. The number of sulfonamides is 1. The summed E-state index contributed by atoms with van der Waals surface area (Å²) in [7, 11) is -3.24. The molecule has 1 heterocycles. The van der Waals surface area contributed by atoms with Gasteiger partial charge in [-0.2, -0.15) is 4.31 Å². The number of carbonyl (C=O) groups excluding carboxylic acids is 2. The number of rotatable bonds is 6. The molecular formula is C20H30N4O4S. The number of nitrogens with zero attached hydrogens (tertiary/aromatic N) is 2. The van der Waals surface area contributed by atoms with Crippen molar-refractivity contribution < 1.29 is 18.0 Å². The predicted octanol–water partition coefficient (Wildman–Crippen LogP) is 1.29. The molecule has 0 radical (unpaired) electrons. The Hall–Kier alpha value is -2.13. The van der Waals surface area contributed by atoms with Crippen LogP contribution in [0.1, 0.15) is 38.2 Å². The Morgan fingerprint density at radius 2 is 1.66 bits per heavy atom. The van der Waals surface area contributed by atoms with Crippen LogP contribution in [-0.2, 0) is 21.4 Å². The highest BCUT2D eigenvalue weighted by molar-refractivity contribution is 7.89. The van der Waals surface area contributed by atoms with Crippen molar-refractivity contribution >= 4 is 22.0 Å². The topological polar surface area (TPSA) is 98.8 Å². The van der Waals surface area contributed by atoms with Gasteiger partial charge >= 0.3 is 6.03 Å². The average molecular weight is 423 g/mol. The number of piperazine rings is 1. The smallest absolute Gasteiger partial charge is 0.315 e. The molecule has 2 N–H and O–H groups in total. The molecule has 1 aliphatic carbocycles. The number of benzene rings is 1. The van der Waals surface area contributed by atoms with Crippen molar-refractivity contribution in [3.05, 3.63) is 35.9 Å². The molecule has 1 saturated carbocycles. The van der Waals surface area contributed by atoms with Gasteiger partial charge < -0.3 is 15.5 Å². The Bertz CT molecular complexity index is 814. The van der Waals surface area contributed by atoms with Crippen LogP contribution in [-0.4, -0.2) is 67.0 Å². The zero-order valence-electron chi connectivity index (χ0n) is 16.9. The van der Waals surface area contributed by atoms with E-state index in [-0.39, 0.29) is 17.7 Å². The highest BCUT2D eigenvalue weighted by Gasteiger charge is 2.45. The first-order valence-electron chi connectivity index (χ1n) is 10.2. The number of carbonyl (C=O) groups is 2. The van der Waals surface area contributed by atoms with Crippen molar-refractivity contribution in [2.45, 2.75) is 44.7 Å². The number of hydrogen-bond acceptors (Lipinski definition) is 4. The summed E-state index contributed by atoms with van der Waals surface area (Å²) in [6.07, 6.45) is 2.99. The summed E-state index contributed by atoms with van der Waals surface area (Å²) in [5.41, 5.74) is 0.0924. The second-order valence-electron chi connectivity index (χ2n) is 7.67. The Morgan fingerprint density at radius 3 is 2.24 bits per heavy atom. The molecular weight excluding hydrogens is 392 g/mol. The van der Waals surface area contributed by atoms with Gasteiger partial charge in [0, 0.05) is 32.7 Å². The first-order valence-corrected chi connectivity index (χ1v) is 11.8. The zero-order chi connectivity index (χ0) is 20.9. The molecule has 1 aromatic carbocycles. The number of nitrogens with one attached hydrogen (secondary N) is 2. The fourth-order valence-corrected chi connectivity index (χ4v) is 5.15. The number of urea groups is 1. The summed E-state index contributed by atoms with van der Waals surface area (Å²) in [4.78, 5) is 27.5. The van der Waals surface area contributed by atoms with Gasteiger partial charge in [-0.15, -0.1) is 0 Å². The Morgan fingerprint density at radius 1 is 1.03 bits per heavy atom. The molecule has 1 aliphatic heterocycles. The van der Waals surface area contributed by atoms with Gasteiger partial charge in [0.05, 0.1) is 5.75 Å². The van der Waals surface area contributed by atoms with Gasteiger partial charge in [-0.25, -0.2) is 13.2 Å². The molecule has 0 unspecified atom stereocenters. The van der Waals surface area contributed by atoms with E-state index in [1.54, 1.807) is 11.8 Å². The van der Waals surface area contributed by atoms with Crippen molar-refractivity contribution in [1.82, 2.24) is 19.8 Å². The average Bonchev–Trinajstić information content (AvgIpc) is 3.22. The third-order valence-corrected chi connectivity index (χ3v) is 7.68. The van der Waals surface area contributed by atoms with Crippen LogP contribution in [0, 0.1) is 0 Å². The maximum absolute atomic E-state index is 13.3. The summed E-state index contributed by atoms with van der Waals surface area (Å²) >= 11 is 0. The first-order chi connectivity index (χ1) is 13.9. The van der Waals surface area contributed by atoms with Crippen LogP contribution < -0.4 is 10.6 Å². The van der Waals surface area contributed by atoms with Crippen molar-refractivity contribution in [2.75, 3.05) is 31.9 Å². The maximum atomic E-state index is 13.3. The summed E-state index contributed by atoms with van der Waals surface area (Å²) in [6, 6.07) is 9.25. The van der Waals surface area contributed by atoms with Crippen molar-refractivity contribution in [2.24, 2.45) is 0 Å². The van der Waals surface area contributed by atoms with Gasteiger partial charge in [-0.1, -0.05) is 43.2 Å². The normalized spacial score (nSPS) is 19.7. The molecule has 0 bridgehead atoms.